The highest BCUT2D eigenvalue weighted by Crippen LogP contribution is 2.43. The number of thiophene rings is 1. The van der Waals surface area contributed by atoms with E-state index in [0.717, 1.165) is 16.9 Å². The molecule has 3 heterocycles. The van der Waals surface area contributed by atoms with E-state index < -0.39 is 26.9 Å². The zero-order valence-corrected chi connectivity index (χ0v) is 24.3. The first-order valence-corrected chi connectivity index (χ1v) is 15.1. The minimum atomic E-state index is -3.86. The van der Waals surface area contributed by atoms with E-state index in [2.05, 4.69) is 40.2 Å². The number of nitrogens with zero attached hydrogens (tertiary/aromatic N) is 3. The van der Waals surface area contributed by atoms with Crippen molar-refractivity contribution >= 4 is 49.9 Å². The van der Waals surface area contributed by atoms with Crippen LogP contribution in [0.3, 0.4) is 0 Å². The highest BCUT2D eigenvalue weighted by molar-refractivity contribution is 7.91. The molecule has 3 rings (SSSR count). The second-order valence-electron chi connectivity index (χ2n) is 9.85. The van der Waals surface area contributed by atoms with Gasteiger partial charge in [0.2, 0.25) is 0 Å². The average molecular weight is 558 g/mol. The average Bonchev–Trinajstić information content (AvgIpc) is 3.46. The van der Waals surface area contributed by atoms with Crippen molar-refractivity contribution < 1.29 is 22.2 Å². The van der Waals surface area contributed by atoms with Crippen molar-refractivity contribution in [2.75, 3.05) is 18.4 Å². The lowest BCUT2D eigenvalue weighted by atomic mass is 9.88. The second kappa shape index (κ2) is 10.6. The Balaban J connectivity index is 1.90. The highest BCUT2D eigenvalue weighted by Gasteiger charge is 2.33. The molecule has 200 valence electrons. The summed E-state index contributed by atoms with van der Waals surface area (Å²) >= 11 is -0.905. The molecule has 13 heteroatoms. The van der Waals surface area contributed by atoms with Crippen molar-refractivity contribution in [1.29, 1.82) is 0 Å². The first-order valence-electron chi connectivity index (χ1n) is 11.7. The SMILES string of the molecule is CCN(CC)S(=O)(=O)c1sc(C)c(NC2=NS(=O)N=C2NC(c2cc(C(C)(C)C)co2)C(C)C)c1O. The molecule has 2 atom stereocenters. The van der Waals surface area contributed by atoms with Gasteiger partial charge in [-0.15, -0.1) is 20.1 Å². The molecule has 1 aliphatic heterocycles. The smallest absolute Gasteiger partial charge is 0.269 e. The lowest BCUT2D eigenvalue weighted by Gasteiger charge is -2.22. The molecule has 2 aromatic heterocycles. The van der Waals surface area contributed by atoms with Gasteiger partial charge in [0, 0.05) is 18.0 Å². The predicted molar refractivity (Wildman–Crippen MR) is 146 cm³/mol. The second-order valence-corrected chi connectivity index (χ2v) is 14.0. The van der Waals surface area contributed by atoms with Crippen LogP contribution in [0.4, 0.5) is 5.69 Å². The van der Waals surface area contributed by atoms with Crippen LogP contribution >= 0.6 is 11.3 Å². The maximum absolute atomic E-state index is 13.0. The number of aromatic hydroxyl groups is 1. The van der Waals surface area contributed by atoms with Crippen molar-refractivity contribution in [2.24, 2.45) is 14.7 Å². The summed E-state index contributed by atoms with van der Waals surface area (Å²) in [5, 5.41) is 17.1. The van der Waals surface area contributed by atoms with E-state index in [9.17, 15) is 17.7 Å². The number of hydrogen-bond acceptors (Lipinski definition) is 8. The van der Waals surface area contributed by atoms with Gasteiger partial charge in [-0.25, -0.2) is 12.6 Å². The number of nitrogens with one attached hydrogen (secondary N) is 2. The Kier molecular flexibility index (Phi) is 8.38. The van der Waals surface area contributed by atoms with Gasteiger partial charge in [-0.2, -0.15) is 4.31 Å². The Morgan fingerprint density at radius 2 is 1.81 bits per heavy atom. The van der Waals surface area contributed by atoms with Crippen LogP contribution in [0.1, 0.15) is 70.7 Å². The molecule has 0 saturated carbocycles. The van der Waals surface area contributed by atoms with Gasteiger partial charge >= 0.3 is 0 Å². The highest BCUT2D eigenvalue weighted by atomic mass is 32.2. The summed E-state index contributed by atoms with van der Waals surface area (Å²) in [5.74, 6) is 0.773. The molecule has 1 aliphatic rings. The van der Waals surface area contributed by atoms with E-state index >= 15 is 0 Å². The van der Waals surface area contributed by atoms with E-state index in [0.29, 0.717) is 10.6 Å². The van der Waals surface area contributed by atoms with Crippen molar-refractivity contribution in [1.82, 2.24) is 9.62 Å². The molecule has 0 aromatic carbocycles. The fraction of sp³-hybridized carbons (Fsp3) is 0.565. The number of amidine groups is 2. The monoisotopic (exact) mass is 557 g/mol. The van der Waals surface area contributed by atoms with E-state index in [1.807, 2.05) is 19.9 Å². The van der Waals surface area contributed by atoms with Crippen LogP contribution in [0, 0.1) is 12.8 Å². The van der Waals surface area contributed by atoms with Crippen LogP contribution in [0.5, 0.6) is 5.75 Å². The number of anilines is 1. The zero-order chi connectivity index (χ0) is 27.0. The number of rotatable bonds is 8. The fourth-order valence-electron chi connectivity index (χ4n) is 3.69. The molecule has 0 fully saturated rings. The lowest BCUT2D eigenvalue weighted by molar-refractivity contribution is 0.377. The van der Waals surface area contributed by atoms with Gasteiger partial charge in [0.1, 0.15) is 5.76 Å². The van der Waals surface area contributed by atoms with Gasteiger partial charge in [0.25, 0.3) is 21.2 Å². The quantitative estimate of drug-likeness (QED) is 0.435. The molecule has 10 nitrogen and oxygen atoms in total. The van der Waals surface area contributed by atoms with Gasteiger partial charge in [0.05, 0.1) is 18.0 Å². The van der Waals surface area contributed by atoms with Gasteiger partial charge in [-0.3, -0.25) is 0 Å². The molecular weight excluding hydrogens is 522 g/mol. The summed E-state index contributed by atoms with van der Waals surface area (Å²) < 4.78 is 53.4. The van der Waals surface area contributed by atoms with Crippen molar-refractivity contribution in [2.45, 2.75) is 71.1 Å². The van der Waals surface area contributed by atoms with Crippen LogP contribution in [-0.2, 0) is 26.6 Å². The predicted octanol–water partition coefficient (Wildman–Crippen LogP) is 4.47. The third kappa shape index (κ3) is 5.68. The minimum absolute atomic E-state index is 0.0823. The summed E-state index contributed by atoms with van der Waals surface area (Å²) in [6.07, 6.45) is 1.73. The van der Waals surface area contributed by atoms with Crippen LogP contribution in [0.15, 0.2) is 29.8 Å². The summed E-state index contributed by atoms with van der Waals surface area (Å²) in [4.78, 5) is 0.541. The maximum atomic E-state index is 13.0. The number of sulfonamides is 1. The Hall–Kier alpha value is -2.22. The van der Waals surface area contributed by atoms with E-state index in [-0.39, 0.29) is 52.0 Å². The summed E-state index contributed by atoms with van der Waals surface area (Å²) in [7, 11) is -3.86. The molecule has 0 saturated heterocycles. The standard InChI is InChI=1S/C23H35N5O5S3/c1-9-28(10-2)36(31,32)22-19(29)18(14(5)34-22)25-21-20(26-35(30)27-21)24-17(13(3)4)16-11-15(12-33-16)23(6,7)8/h11-13,17,29H,9-10H2,1-8H3,(H,24,26)(H,25,27). The van der Waals surface area contributed by atoms with Crippen LogP contribution in [0.25, 0.3) is 0 Å². The molecule has 2 unspecified atom stereocenters. The van der Waals surface area contributed by atoms with Crippen molar-refractivity contribution in [3.63, 3.8) is 0 Å². The summed E-state index contributed by atoms with van der Waals surface area (Å²) in [5.41, 5.74) is 1.16. The molecule has 0 bridgehead atoms. The van der Waals surface area contributed by atoms with E-state index in [1.54, 1.807) is 27.0 Å². The Labute approximate surface area is 219 Å². The Morgan fingerprint density at radius 3 is 2.33 bits per heavy atom. The molecule has 36 heavy (non-hydrogen) atoms. The number of aryl methyl sites for hydroxylation is 1. The molecule has 0 spiro atoms. The Bertz CT molecular complexity index is 1300. The molecule has 0 aliphatic carbocycles. The number of furan rings is 1. The van der Waals surface area contributed by atoms with Gasteiger partial charge in [-0.1, -0.05) is 48.5 Å². The van der Waals surface area contributed by atoms with Crippen LogP contribution < -0.4 is 10.6 Å². The largest absolute Gasteiger partial charge is 0.504 e. The van der Waals surface area contributed by atoms with E-state index in [1.165, 1.54) is 4.31 Å². The topological polar surface area (TPSA) is 137 Å². The van der Waals surface area contributed by atoms with Gasteiger partial charge in [0.15, 0.2) is 21.6 Å². The summed E-state index contributed by atoms with van der Waals surface area (Å²) in [6, 6.07) is 1.70. The first kappa shape index (κ1) is 28.4. The third-order valence-corrected chi connectivity index (χ3v) is 10.2. The van der Waals surface area contributed by atoms with Crippen LogP contribution in [-0.4, -0.2) is 46.8 Å². The van der Waals surface area contributed by atoms with Gasteiger partial charge in [-0.05, 0) is 29.9 Å². The maximum Gasteiger partial charge on any atom is 0.269 e. The minimum Gasteiger partial charge on any atom is -0.504 e. The Morgan fingerprint density at radius 1 is 1.19 bits per heavy atom. The third-order valence-electron chi connectivity index (χ3n) is 5.87. The molecule has 0 amide bonds. The van der Waals surface area contributed by atoms with Crippen molar-refractivity contribution in [3.8, 4) is 5.75 Å². The fourth-order valence-corrected chi connectivity index (χ4v) is 7.42. The first-order chi connectivity index (χ1) is 16.7. The zero-order valence-electron chi connectivity index (χ0n) is 21.9. The van der Waals surface area contributed by atoms with Crippen LogP contribution in [0.2, 0.25) is 0 Å². The molecule has 3 N–H and O–H groups in total. The number of hydrogen-bond donors (Lipinski definition) is 3. The van der Waals surface area contributed by atoms with E-state index in [4.69, 9.17) is 4.42 Å². The van der Waals surface area contributed by atoms with Gasteiger partial charge < -0.3 is 20.2 Å². The van der Waals surface area contributed by atoms with Crippen molar-refractivity contribution in [3.05, 3.63) is 28.5 Å². The lowest BCUT2D eigenvalue weighted by Crippen LogP contribution is -2.38. The normalized spacial score (nSPS) is 17.4. The molecular formula is C23H35N5O5S3. The summed E-state index contributed by atoms with van der Waals surface area (Å²) in [6.45, 7) is 16.1. The molecule has 0 radical (unpaired) electrons. The molecule has 2 aromatic rings.